The third kappa shape index (κ3) is 2.96. The van der Waals surface area contributed by atoms with E-state index in [0.29, 0.717) is 26.1 Å². The lowest BCUT2D eigenvalue weighted by Crippen LogP contribution is -2.48. The smallest absolute Gasteiger partial charge is 0.256 e. The predicted molar refractivity (Wildman–Crippen MR) is 76.3 cm³/mol. The van der Waals surface area contributed by atoms with Crippen molar-refractivity contribution in [2.24, 2.45) is 5.73 Å². The molecule has 1 aromatic rings. The minimum absolute atomic E-state index is 0.0668. The van der Waals surface area contributed by atoms with Gasteiger partial charge in [0.25, 0.3) is 5.91 Å². The van der Waals surface area contributed by atoms with Gasteiger partial charge in [-0.25, -0.2) is 0 Å². The molecule has 1 aliphatic heterocycles. The molecule has 2 rings (SSSR count). The molecule has 1 fully saturated rings. The minimum Gasteiger partial charge on any atom is -0.367 e. The van der Waals surface area contributed by atoms with Crippen LogP contribution >= 0.6 is 0 Å². The van der Waals surface area contributed by atoms with Gasteiger partial charge >= 0.3 is 0 Å². The fourth-order valence-electron chi connectivity index (χ4n) is 2.61. The summed E-state index contributed by atoms with van der Waals surface area (Å²) in [6.45, 7) is 5.90. The molecule has 2 N–H and O–H groups in total. The number of nitrogens with zero attached hydrogens (tertiary/aromatic N) is 1. The molecule has 4 nitrogen and oxygen atoms in total. The molecule has 1 aromatic carbocycles. The van der Waals surface area contributed by atoms with Crippen LogP contribution in [-0.4, -0.2) is 31.7 Å². The van der Waals surface area contributed by atoms with Gasteiger partial charge in [-0.1, -0.05) is 18.2 Å². The zero-order valence-corrected chi connectivity index (χ0v) is 11.7. The molecular weight excluding hydrogens is 240 g/mol. The lowest BCUT2D eigenvalue weighted by molar-refractivity contribution is -0.134. The van der Waals surface area contributed by atoms with Gasteiger partial charge in [0.2, 0.25) is 0 Å². The first-order valence-electron chi connectivity index (χ1n) is 6.84. The third-order valence-electron chi connectivity index (χ3n) is 3.56. The van der Waals surface area contributed by atoms with E-state index >= 15 is 0 Å². The highest BCUT2D eigenvalue weighted by molar-refractivity contribution is 5.98. The van der Waals surface area contributed by atoms with Gasteiger partial charge in [0.05, 0.1) is 6.61 Å². The van der Waals surface area contributed by atoms with E-state index in [1.165, 1.54) is 0 Å². The predicted octanol–water partition coefficient (Wildman–Crippen LogP) is 1.77. The maximum Gasteiger partial charge on any atom is 0.256 e. The number of nitrogens with two attached hydrogens (primary N) is 1. The number of morpholine rings is 1. The number of ether oxygens (including phenoxy) is 1. The van der Waals surface area contributed by atoms with E-state index in [1.807, 2.05) is 36.9 Å². The summed E-state index contributed by atoms with van der Waals surface area (Å²) in [5.74, 6) is 0.0668. The first kappa shape index (κ1) is 14.0. The molecule has 104 valence electrons. The lowest BCUT2D eigenvalue weighted by Gasteiger charge is -2.34. The van der Waals surface area contributed by atoms with Crippen LogP contribution in [0.5, 0.6) is 0 Å². The number of amides is 1. The highest BCUT2D eigenvalue weighted by Crippen LogP contribution is 2.27. The summed E-state index contributed by atoms with van der Waals surface area (Å²) in [5.41, 5.74) is 8.80. The zero-order valence-electron chi connectivity index (χ0n) is 11.7. The Balaban J connectivity index is 2.22. The van der Waals surface area contributed by atoms with Gasteiger partial charge in [0.15, 0.2) is 0 Å². The SMILES string of the molecule is Cc1cccc(C)c1N1CCOC(CCCN)C1=O. The normalized spacial score (nSPS) is 19.8. The second-order valence-corrected chi connectivity index (χ2v) is 5.02. The molecule has 1 saturated heterocycles. The van der Waals surface area contributed by atoms with Crippen molar-refractivity contribution in [3.63, 3.8) is 0 Å². The van der Waals surface area contributed by atoms with Gasteiger partial charge < -0.3 is 15.4 Å². The molecular formula is C15H22N2O2. The Labute approximate surface area is 114 Å². The topological polar surface area (TPSA) is 55.6 Å². The van der Waals surface area contributed by atoms with Gasteiger partial charge in [0, 0.05) is 12.2 Å². The fourth-order valence-corrected chi connectivity index (χ4v) is 2.61. The van der Waals surface area contributed by atoms with Crippen LogP contribution in [0.25, 0.3) is 0 Å². The molecule has 0 aliphatic carbocycles. The van der Waals surface area contributed by atoms with E-state index in [9.17, 15) is 4.79 Å². The second kappa shape index (κ2) is 6.17. The van der Waals surface area contributed by atoms with Crippen molar-refractivity contribution in [3.05, 3.63) is 29.3 Å². The Morgan fingerprint density at radius 2 is 2.05 bits per heavy atom. The van der Waals surface area contributed by atoms with E-state index in [0.717, 1.165) is 23.2 Å². The van der Waals surface area contributed by atoms with Crippen molar-refractivity contribution < 1.29 is 9.53 Å². The van der Waals surface area contributed by atoms with Crippen molar-refractivity contribution in [1.29, 1.82) is 0 Å². The number of rotatable bonds is 4. The van der Waals surface area contributed by atoms with Crippen LogP contribution < -0.4 is 10.6 Å². The highest BCUT2D eigenvalue weighted by atomic mass is 16.5. The van der Waals surface area contributed by atoms with Gasteiger partial charge in [-0.3, -0.25) is 4.79 Å². The molecule has 1 heterocycles. The zero-order chi connectivity index (χ0) is 13.8. The number of carbonyl (C=O) groups excluding carboxylic acids is 1. The third-order valence-corrected chi connectivity index (χ3v) is 3.56. The summed E-state index contributed by atoms with van der Waals surface area (Å²) >= 11 is 0. The molecule has 1 atom stereocenters. The number of para-hydroxylation sites is 1. The average Bonchev–Trinajstić information content (AvgIpc) is 2.39. The van der Waals surface area contributed by atoms with Crippen LogP contribution in [0.2, 0.25) is 0 Å². The summed E-state index contributed by atoms with van der Waals surface area (Å²) < 4.78 is 5.58. The molecule has 0 aromatic heterocycles. The molecule has 1 amide bonds. The van der Waals surface area contributed by atoms with Crippen LogP contribution in [0, 0.1) is 13.8 Å². The van der Waals surface area contributed by atoms with Crippen LogP contribution in [0.15, 0.2) is 18.2 Å². The largest absolute Gasteiger partial charge is 0.367 e. The molecule has 0 bridgehead atoms. The highest BCUT2D eigenvalue weighted by Gasteiger charge is 2.31. The maximum atomic E-state index is 12.5. The summed E-state index contributed by atoms with van der Waals surface area (Å²) in [7, 11) is 0. The summed E-state index contributed by atoms with van der Waals surface area (Å²) in [6.07, 6.45) is 1.18. The maximum absolute atomic E-state index is 12.5. The van der Waals surface area contributed by atoms with Crippen molar-refractivity contribution in [2.45, 2.75) is 32.8 Å². The fraction of sp³-hybridized carbons (Fsp3) is 0.533. The Hall–Kier alpha value is -1.39. The van der Waals surface area contributed by atoms with Crippen molar-refractivity contribution in [3.8, 4) is 0 Å². The first-order valence-corrected chi connectivity index (χ1v) is 6.84. The number of hydrogen-bond donors (Lipinski definition) is 1. The molecule has 1 unspecified atom stereocenters. The monoisotopic (exact) mass is 262 g/mol. The number of benzene rings is 1. The van der Waals surface area contributed by atoms with Crippen LogP contribution in [-0.2, 0) is 9.53 Å². The van der Waals surface area contributed by atoms with E-state index in [-0.39, 0.29) is 12.0 Å². The van der Waals surface area contributed by atoms with E-state index < -0.39 is 0 Å². The molecule has 1 aliphatic rings. The molecule has 4 heteroatoms. The van der Waals surface area contributed by atoms with Gasteiger partial charge in [-0.15, -0.1) is 0 Å². The van der Waals surface area contributed by atoms with Gasteiger partial charge in [-0.2, -0.15) is 0 Å². The molecule has 0 spiro atoms. The lowest BCUT2D eigenvalue weighted by atomic mass is 10.1. The minimum atomic E-state index is -0.337. The quantitative estimate of drug-likeness (QED) is 0.899. The summed E-state index contributed by atoms with van der Waals surface area (Å²) in [4.78, 5) is 14.4. The Morgan fingerprint density at radius 1 is 1.37 bits per heavy atom. The van der Waals surface area contributed by atoms with Crippen LogP contribution in [0.1, 0.15) is 24.0 Å². The number of aryl methyl sites for hydroxylation is 2. The number of carbonyl (C=O) groups is 1. The Bertz CT molecular complexity index is 439. The standard InChI is InChI=1S/C15H22N2O2/c1-11-5-3-6-12(2)14(11)17-9-10-19-13(15(17)18)7-4-8-16/h3,5-6,13H,4,7-10,16H2,1-2H3. The van der Waals surface area contributed by atoms with Crippen LogP contribution in [0.3, 0.4) is 0 Å². The van der Waals surface area contributed by atoms with E-state index in [4.69, 9.17) is 10.5 Å². The van der Waals surface area contributed by atoms with Crippen molar-refractivity contribution >= 4 is 11.6 Å². The average molecular weight is 262 g/mol. The Kier molecular flexibility index (Phi) is 4.56. The van der Waals surface area contributed by atoms with E-state index in [1.54, 1.807) is 0 Å². The summed E-state index contributed by atoms with van der Waals surface area (Å²) in [5, 5.41) is 0. The van der Waals surface area contributed by atoms with Gasteiger partial charge in [-0.05, 0) is 44.4 Å². The number of anilines is 1. The molecule has 0 radical (unpaired) electrons. The Morgan fingerprint density at radius 3 is 2.68 bits per heavy atom. The van der Waals surface area contributed by atoms with Gasteiger partial charge in [0.1, 0.15) is 6.10 Å². The van der Waals surface area contributed by atoms with Crippen molar-refractivity contribution in [2.75, 3.05) is 24.6 Å². The first-order chi connectivity index (χ1) is 9.15. The summed E-state index contributed by atoms with van der Waals surface area (Å²) in [6, 6.07) is 6.10. The van der Waals surface area contributed by atoms with E-state index in [2.05, 4.69) is 0 Å². The second-order valence-electron chi connectivity index (χ2n) is 5.02. The van der Waals surface area contributed by atoms with Crippen molar-refractivity contribution in [1.82, 2.24) is 0 Å². The molecule has 19 heavy (non-hydrogen) atoms. The number of hydrogen-bond acceptors (Lipinski definition) is 3. The molecule has 0 saturated carbocycles. The van der Waals surface area contributed by atoms with Crippen LogP contribution in [0.4, 0.5) is 5.69 Å².